The molecule has 0 saturated heterocycles. The van der Waals surface area contributed by atoms with Crippen LogP contribution in [0, 0.1) is 13.8 Å². The Labute approximate surface area is 126 Å². The molecule has 0 bridgehead atoms. The molecule has 1 nitrogen and oxygen atoms in total. The molecule has 0 unspecified atom stereocenters. The average molecular weight is 327 g/mol. The second-order valence-electron chi connectivity index (χ2n) is 5.34. The van der Waals surface area contributed by atoms with E-state index in [4.69, 9.17) is 4.74 Å². The zero-order valence-electron chi connectivity index (χ0n) is 12.4. The van der Waals surface area contributed by atoms with E-state index >= 15 is 0 Å². The van der Waals surface area contributed by atoms with Crippen LogP contribution in [0.2, 0.25) is 0 Å². The van der Waals surface area contributed by atoms with Gasteiger partial charge in [-0.1, -0.05) is 54.1 Å². The van der Waals surface area contributed by atoms with Crippen LogP contribution < -0.4 is 4.74 Å². The van der Waals surface area contributed by atoms with Crippen molar-refractivity contribution < 1.29 is 4.74 Å². The predicted octanol–water partition coefficient (Wildman–Crippen LogP) is 5.81. The molecule has 0 spiro atoms. The summed E-state index contributed by atoms with van der Waals surface area (Å²) in [5.41, 5.74) is 2.56. The highest BCUT2D eigenvalue weighted by Gasteiger charge is 1.97. The quantitative estimate of drug-likeness (QED) is 0.389. The molecule has 0 radical (unpaired) electrons. The standard InChI is InChI=1S/C17H27BrO/c1-15-12-16(2)14-17(13-15)19-11-9-7-5-3-4-6-8-10-18/h12-14H,3-11H2,1-2H3. The van der Waals surface area contributed by atoms with Crippen molar-refractivity contribution in [3.8, 4) is 5.75 Å². The molecule has 0 aromatic heterocycles. The number of hydrogen-bond donors (Lipinski definition) is 0. The lowest BCUT2D eigenvalue weighted by Gasteiger charge is -2.08. The molecular weight excluding hydrogens is 300 g/mol. The molecule has 0 fully saturated rings. The van der Waals surface area contributed by atoms with Crippen LogP contribution in [0.3, 0.4) is 0 Å². The van der Waals surface area contributed by atoms with Crippen molar-refractivity contribution in [1.29, 1.82) is 0 Å². The SMILES string of the molecule is Cc1cc(C)cc(OCCCCCCCCCBr)c1. The van der Waals surface area contributed by atoms with Gasteiger partial charge in [0.05, 0.1) is 6.61 Å². The van der Waals surface area contributed by atoms with Gasteiger partial charge in [0.1, 0.15) is 5.75 Å². The number of alkyl halides is 1. The van der Waals surface area contributed by atoms with Crippen LogP contribution in [0.25, 0.3) is 0 Å². The van der Waals surface area contributed by atoms with Crippen LogP contribution in [-0.4, -0.2) is 11.9 Å². The number of benzene rings is 1. The van der Waals surface area contributed by atoms with E-state index in [1.54, 1.807) is 0 Å². The summed E-state index contributed by atoms with van der Waals surface area (Å²) in [4.78, 5) is 0. The number of hydrogen-bond acceptors (Lipinski definition) is 1. The Morgan fingerprint density at radius 2 is 1.32 bits per heavy atom. The highest BCUT2D eigenvalue weighted by atomic mass is 79.9. The lowest BCUT2D eigenvalue weighted by Crippen LogP contribution is -1.98. The minimum atomic E-state index is 0.851. The zero-order valence-corrected chi connectivity index (χ0v) is 14.0. The first-order valence-corrected chi connectivity index (χ1v) is 8.61. The molecule has 0 amide bonds. The van der Waals surface area contributed by atoms with E-state index in [-0.39, 0.29) is 0 Å². The van der Waals surface area contributed by atoms with Gasteiger partial charge in [0.25, 0.3) is 0 Å². The summed E-state index contributed by atoms with van der Waals surface area (Å²) in [6, 6.07) is 6.42. The van der Waals surface area contributed by atoms with Crippen molar-refractivity contribution in [2.24, 2.45) is 0 Å². The first-order chi connectivity index (χ1) is 9.22. The van der Waals surface area contributed by atoms with E-state index in [0.29, 0.717) is 0 Å². The Hall–Kier alpha value is -0.500. The molecular formula is C17H27BrO. The fourth-order valence-corrected chi connectivity index (χ4v) is 2.68. The number of ether oxygens (including phenoxy) is 1. The Morgan fingerprint density at radius 1 is 0.789 bits per heavy atom. The Balaban J connectivity index is 2.01. The van der Waals surface area contributed by atoms with Crippen LogP contribution in [0.1, 0.15) is 56.1 Å². The van der Waals surface area contributed by atoms with Gasteiger partial charge in [-0.3, -0.25) is 0 Å². The number of aryl methyl sites for hydroxylation is 2. The molecule has 2 heteroatoms. The minimum Gasteiger partial charge on any atom is -0.494 e. The van der Waals surface area contributed by atoms with Crippen molar-refractivity contribution in [1.82, 2.24) is 0 Å². The maximum Gasteiger partial charge on any atom is 0.119 e. The second kappa shape index (κ2) is 10.3. The van der Waals surface area contributed by atoms with Gasteiger partial charge in [0, 0.05) is 5.33 Å². The highest BCUT2D eigenvalue weighted by molar-refractivity contribution is 9.09. The van der Waals surface area contributed by atoms with Crippen LogP contribution in [0.4, 0.5) is 0 Å². The summed E-state index contributed by atoms with van der Waals surface area (Å²) in [5.74, 6) is 1.02. The molecule has 0 saturated carbocycles. The van der Waals surface area contributed by atoms with Crippen molar-refractivity contribution in [2.75, 3.05) is 11.9 Å². The largest absolute Gasteiger partial charge is 0.494 e. The van der Waals surface area contributed by atoms with Gasteiger partial charge < -0.3 is 4.74 Å². The summed E-state index contributed by atoms with van der Waals surface area (Å²) >= 11 is 3.47. The van der Waals surface area contributed by atoms with Crippen molar-refractivity contribution >= 4 is 15.9 Å². The molecule has 0 heterocycles. The van der Waals surface area contributed by atoms with Gasteiger partial charge in [-0.25, -0.2) is 0 Å². The lowest BCUT2D eigenvalue weighted by atomic mass is 10.1. The van der Waals surface area contributed by atoms with Gasteiger partial charge in [-0.2, -0.15) is 0 Å². The number of rotatable bonds is 10. The molecule has 0 N–H and O–H groups in total. The van der Waals surface area contributed by atoms with Crippen molar-refractivity contribution in [3.05, 3.63) is 29.3 Å². The Bertz CT molecular complexity index is 329. The molecule has 0 aliphatic carbocycles. The Kier molecular flexibility index (Phi) is 8.98. The van der Waals surface area contributed by atoms with Gasteiger partial charge in [0.2, 0.25) is 0 Å². The monoisotopic (exact) mass is 326 g/mol. The fourth-order valence-electron chi connectivity index (χ4n) is 2.29. The first-order valence-electron chi connectivity index (χ1n) is 7.49. The van der Waals surface area contributed by atoms with E-state index in [1.165, 1.54) is 56.1 Å². The minimum absolute atomic E-state index is 0.851. The first kappa shape index (κ1) is 16.6. The van der Waals surface area contributed by atoms with Gasteiger partial charge in [-0.05, 0) is 49.9 Å². The smallest absolute Gasteiger partial charge is 0.119 e. The van der Waals surface area contributed by atoms with Gasteiger partial charge >= 0.3 is 0 Å². The maximum absolute atomic E-state index is 5.81. The zero-order chi connectivity index (χ0) is 13.9. The van der Waals surface area contributed by atoms with E-state index in [9.17, 15) is 0 Å². The van der Waals surface area contributed by atoms with Crippen molar-refractivity contribution in [2.45, 2.75) is 58.8 Å². The number of unbranched alkanes of at least 4 members (excludes halogenated alkanes) is 6. The fraction of sp³-hybridized carbons (Fsp3) is 0.647. The molecule has 0 atom stereocenters. The molecule has 1 rings (SSSR count). The van der Waals surface area contributed by atoms with E-state index in [2.05, 4.69) is 48.0 Å². The summed E-state index contributed by atoms with van der Waals surface area (Å²) in [5, 5.41) is 1.15. The normalized spacial score (nSPS) is 10.7. The van der Waals surface area contributed by atoms with Gasteiger partial charge in [-0.15, -0.1) is 0 Å². The van der Waals surface area contributed by atoms with Crippen LogP contribution in [-0.2, 0) is 0 Å². The lowest BCUT2D eigenvalue weighted by molar-refractivity contribution is 0.304. The van der Waals surface area contributed by atoms with Crippen molar-refractivity contribution in [3.63, 3.8) is 0 Å². The molecule has 1 aromatic rings. The third kappa shape index (κ3) is 8.30. The van der Waals surface area contributed by atoms with Crippen LogP contribution >= 0.6 is 15.9 Å². The third-order valence-corrected chi connectivity index (χ3v) is 3.80. The maximum atomic E-state index is 5.81. The van der Waals surface area contributed by atoms with Gasteiger partial charge in [0.15, 0.2) is 0 Å². The predicted molar refractivity (Wildman–Crippen MR) is 87.5 cm³/mol. The summed E-state index contributed by atoms with van der Waals surface area (Å²) in [6.45, 7) is 5.09. The third-order valence-electron chi connectivity index (χ3n) is 3.24. The molecule has 19 heavy (non-hydrogen) atoms. The summed E-state index contributed by atoms with van der Waals surface area (Å²) in [6.07, 6.45) is 9.24. The molecule has 108 valence electrons. The molecule has 0 aliphatic heterocycles. The Morgan fingerprint density at radius 3 is 1.89 bits per heavy atom. The highest BCUT2D eigenvalue weighted by Crippen LogP contribution is 2.16. The van der Waals surface area contributed by atoms with Crippen LogP contribution in [0.15, 0.2) is 18.2 Å². The number of halogens is 1. The average Bonchev–Trinajstić information content (AvgIpc) is 2.36. The molecule has 0 aliphatic rings. The molecule has 1 aromatic carbocycles. The summed E-state index contributed by atoms with van der Waals surface area (Å²) < 4.78 is 5.81. The topological polar surface area (TPSA) is 9.23 Å². The van der Waals surface area contributed by atoms with Crippen LogP contribution in [0.5, 0.6) is 5.75 Å². The van der Waals surface area contributed by atoms with E-state index < -0.39 is 0 Å². The van der Waals surface area contributed by atoms with E-state index in [1.807, 2.05) is 0 Å². The van der Waals surface area contributed by atoms with E-state index in [0.717, 1.165) is 17.7 Å². The summed E-state index contributed by atoms with van der Waals surface area (Å²) in [7, 11) is 0. The second-order valence-corrected chi connectivity index (χ2v) is 6.13.